The van der Waals surface area contributed by atoms with Gasteiger partial charge in [0, 0.05) is 17.1 Å². The molecule has 29 heavy (non-hydrogen) atoms. The highest BCUT2D eigenvalue weighted by Crippen LogP contribution is 2.32. The maximum atomic E-state index is 13.5. The summed E-state index contributed by atoms with van der Waals surface area (Å²) >= 11 is 8.64. The maximum Gasteiger partial charge on any atom is 0.283 e. The highest BCUT2D eigenvalue weighted by atomic mass is 35.5. The van der Waals surface area contributed by atoms with Gasteiger partial charge in [-0.3, -0.25) is 10.2 Å². The van der Waals surface area contributed by atoms with Crippen molar-refractivity contribution in [2.75, 3.05) is 6.26 Å². The predicted molar refractivity (Wildman–Crippen MR) is 119 cm³/mol. The number of nitrogens with zero attached hydrogens (tertiary/aromatic N) is 4. The van der Waals surface area contributed by atoms with Crippen LogP contribution in [0.4, 0.5) is 4.39 Å². The second-order valence-corrected chi connectivity index (χ2v) is 8.77. The number of hydrogen-bond acceptors (Lipinski definition) is 5. The molecule has 10 heteroatoms. The summed E-state index contributed by atoms with van der Waals surface area (Å²) in [6.45, 7) is 3.79. The van der Waals surface area contributed by atoms with E-state index >= 15 is 0 Å². The number of hydrazone groups is 1. The van der Waals surface area contributed by atoms with Gasteiger partial charge in [0.1, 0.15) is 5.82 Å². The van der Waals surface area contributed by atoms with E-state index in [2.05, 4.69) is 10.1 Å². The Morgan fingerprint density at radius 3 is 2.76 bits per heavy atom. The van der Waals surface area contributed by atoms with Crippen molar-refractivity contribution in [2.45, 2.75) is 13.8 Å². The van der Waals surface area contributed by atoms with E-state index in [-0.39, 0.29) is 16.4 Å². The van der Waals surface area contributed by atoms with Crippen molar-refractivity contribution in [1.82, 2.24) is 9.58 Å². The van der Waals surface area contributed by atoms with Crippen LogP contribution in [0.5, 0.6) is 0 Å². The molecule has 0 unspecified atom stereocenters. The molecule has 0 fully saturated rings. The molecule has 0 aliphatic carbocycles. The van der Waals surface area contributed by atoms with E-state index in [0.717, 1.165) is 21.3 Å². The Bertz CT molecular complexity index is 1170. The first-order valence-electron chi connectivity index (χ1n) is 8.48. The lowest BCUT2D eigenvalue weighted by Crippen LogP contribution is -2.35. The number of amidine groups is 2. The summed E-state index contributed by atoms with van der Waals surface area (Å²) in [6.07, 6.45) is 3.52. The Balaban J connectivity index is 1.76. The molecule has 6 nitrogen and oxygen atoms in total. The smallest absolute Gasteiger partial charge is 0.283 e. The molecule has 0 saturated carbocycles. The molecule has 0 saturated heterocycles. The summed E-state index contributed by atoms with van der Waals surface area (Å²) in [5, 5.41) is 14.6. The third-order valence-corrected chi connectivity index (χ3v) is 6.72. The van der Waals surface area contributed by atoms with E-state index in [1.807, 2.05) is 30.7 Å². The zero-order valence-corrected chi connectivity index (χ0v) is 18.0. The van der Waals surface area contributed by atoms with Crippen LogP contribution in [0, 0.1) is 25.1 Å². The zero-order chi connectivity index (χ0) is 20.9. The average Bonchev–Trinajstić information content (AvgIpc) is 3.21. The molecule has 148 valence electrons. The number of hydrogen-bond donors (Lipinski definition) is 1. The lowest BCUT2D eigenvalue weighted by Gasteiger charge is -2.20. The molecule has 1 aromatic heterocycles. The molecule has 1 aromatic carbocycles. The Labute approximate surface area is 180 Å². The van der Waals surface area contributed by atoms with Crippen LogP contribution in [-0.4, -0.2) is 37.1 Å². The molecular weight excluding hydrogens is 433 g/mol. The molecule has 4 rings (SSSR count). The minimum atomic E-state index is -0.483. The fourth-order valence-electron chi connectivity index (χ4n) is 3.17. The largest absolute Gasteiger partial charge is 0.318 e. The third-order valence-electron chi connectivity index (χ3n) is 4.54. The molecule has 2 aliphatic heterocycles. The molecule has 3 heterocycles. The van der Waals surface area contributed by atoms with Crippen LogP contribution in [0.2, 0.25) is 5.02 Å². The number of amides is 1. The van der Waals surface area contributed by atoms with Crippen molar-refractivity contribution in [3.63, 3.8) is 0 Å². The van der Waals surface area contributed by atoms with Crippen LogP contribution in [0.3, 0.4) is 0 Å². The number of rotatable bonds is 2. The fraction of sp³-hybridized carbons (Fsp3) is 0.158. The summed E-state index contributed by atoms with van der Waals surface area (Å²) in [5.41, 5.74) is 3.35. The van der Waals surface area contributed by atoms with Crippen molar-refractivity contribution >= 4 is 62.5 Å². The van der Waals surface area contributed by atoms with Gasteiger partial charge in [-0.1, -0.05) is 11.6 Å². The van der Waals surface area contributed by atoms with Gasteiger partial charge in [-0.2, -0.15) is 10.0 Å². The summed E-state index contributed by atoms with van der Waals surface area (Å²) < 4.78 is 16.2. The third kappa shape index (κ3) is 3.43. The highest BCUT2D eigenvalue weighted by Gasteiger charge is 2.35. The first-order chi connectivity index (χ1) is 13.8. The van der Waals surface area contributed by atoms with Gasteiger partial charge in [0.15, 0.2) is 10.2 Å². The molecule has 2 aliphatic rings. The van der Waals surface area contributed by atoms with Crippen LogP contribution < -0.4 is 0 Å². The van der Waals surface area contributed by atoms with Gasteiger partial charge in [0.05, 0.1) is 10.6 Å². The van der Waals surface area contributed by atoms with E-state index in [0.29, 0.717) is 10.9 Å². The first-order valence-corrected chi connectivity index (χ1v) is 10.9. The Morgan fingerprint density at radius 2 is 2.07 bits per heavy atom. The van der Waals surface area contributed by atoms with Crippen molar-refractivity contribution in [3.8, 4) is 5.69 Å². The van der Waals surface area contributed by atoms with Gasteiger partial charge in [0.25, 0.3) is 5.91 Å². The van der Waals surface area contributed by atoms with Crippen LogP contribution in [0.1, 0.15) is 17.0 Å². The summed E-state index contributed by atoms with van der Waals surface area (Å²) in [5.74, 6) is -0.962. The normalized spacial score (nSPS) is 17.7. The second-order valence-electron chi connectivity index (χ2n) is 6.35. The topological polar surface area (TPSA) is 73.8 Å². The lowest BCUT2D eigenvalue weighted by atomic mass is 10.1. The van der Waals surface area contributed by atoms with Gasteiger partial charge in [-0.15, -0.1) is 16.9 Å². The van der Waals surface area contributed by atoms with Crippen LogP contribution in [0.25, 0.3) is 11.8 Å². The van der Waals surface area contributed by atoms with Gasteiger partial charge >= 0.3 is 0 Å². The SMILES string of the molecule is CSC1=NN2C(=N)/C(=C/c3cc(C)n(-c4ccc(F)c(Cl)c4)c3C)C(=O)N=C2S1. The van der Waals surface area contributed by atoms with E-state index in [1.165, 1.54) is 34.6 Å². The Morgan fingerprint density at radius 1 is 1.31 bits per heavy atom. The zero-order valence-electron chi connectivity index (χ0n) is 15.7. The highest BCUT2D eigenvalue weighted by molar-refractivity contribution is 8.45. The van der Waals surface area contributed by atoms with Gasteiger partial charge in [0.2, 0.25) is 5.17 Å². The molecule has 1 amide bonds. The van der Waals surface area contributed by atoms with Crippen LogP contribution in [0.15, 0.2) is 39.9 Å². The van der Waals surface area contributed by atoms with Crippen molar-refractivity contribution < 1.29 is 9.18 Å². The monoisotopic (exact) mass is 447 g/mol. The molecule has 2 aromatic rings. The van der Waals surface area contributed by atoms with E-state index in [1.54, 1.807) is 18.2 Å². The lowest BCUT2D eigenvalue weighted by molar-refractivity contribution is -0.114. The maximum absolute atomic E-state index is 13.5. The standard InChI is InChI=1S/C19H15ClFN5OS2/c1-9-6-11(10(2)25(9)12-4-5-15(21)14(20)8-12)7-13-16(22)26-18(23-17(13)27)29-19(24-26)28-3/h4-8,22H,1-3H3/b13-7-,22-16?. The van der Waals surface area contributed by atoms with Crippen LogP contribution in [-0.2, 0) is 4.79 Å². The summed E-state index contributed by atoms with van der Waals surface area (Å²) in [4.78, 5) is 16.6. The van der Waals surface area contributed by atoms with E-state index in [4.69, 9.17) is 17.0 Å². The molecule has 1 N–H and O–H groups in total. The Kier molecular flexibility index (Phi) is 5.14. The quantitative estimate of drug-likeness (QED) is 0.669. The predicted octanol–water partition coefficient (Wildman–Crippen LogP) is 4.83. The number of fused-ring (bicyclic) bond motifs is 1. The molecule has 0 radical (unpaired) electrons. The number of aliphatic imine (C=N–C) groups is 1. The van der Waals surface area contributed by atoms with Gasteiger partial charge in [-0.25, -0.2) is 4.39 Å². The van der Waals surface area contributed by atoms with Gasteiger partial charge in [-0.05, 0) is 67.8 Å². The second kappa shape index (κ2) is 7.47. The molecule has 0 bridgehead atoms. The minimum Gasteiger partial charge on any atom is -0.318 e. The molecule has 0 spiro atoms. The molecule has 0 atom stereocenters. The number of carbonyl (C=O) groups is 1. The Hall–Kier alpha value is -2.36. The average molecular weight is 448 g/mol. The van der Waals surface area contributed by atoms with Crippen molar-refractivity contribution in [1.29, 1.82) is 5.41 Å². The number of aryl methyl sites for hydroxylation is 1. The van der Waals surface area contributed by atoms with Crippen LogP contribution >= 0.6 is 35.1 Å². The number of aromatic nitrogens is 1. The number of benzene rings is 1. The van der Waals surface area contributed by atoms with E-state index in [9.17, 15) is 9.18 Å². The number of thioether (sulfide) groups is 2. The van der Waals surface area contributed by atoms with E-state index < -0.39 is 11.7 Å². The first kappa shape index (κ1) is 19.9. The molecular formula is C19H15ClFN5OS2. The minimum absolute atomic E-state index is 0.00817. The van der Waals surface area contributed by atoms with Crippen molar-refractivity contribution in [2.24, 2.45) is 10.1 Å². The number of nitrogens with one attached hydrogen (secondary N) is 1. The number of halogens is 2. The van der Waals surface area contributed by atoms with Crippen molar-refractivity contribution in [3.05, 3.63) is 57.6 Å². The van der Waals surface area contributed by atoms with Gasteiger partial charge < -0.3 is 4.57 Å². The fourth-order valence-corrected chi connectivity index (χ4v) is 4.69. The summed E-state index contributed by atoms with van der Waals surface area (Å²) in [6, 6.07) is 6.41. The number of carbonyl (C=O) groups excluding carboxylic acids is 1. The summed E-state index contributed by atoms with van der Waals surface area (Å²) in [7, 11) is 0.